The second kappa shape index (κ2) is 8.38. The maximum atomic E-state index is 9.48. The van der Waals surface area contributed by atoms with E-state index in [1.54, 1.807) is 0 Å². The fourth-order valence-electron chi connectivity index (χ4n) is 3.48. The van der Waals surface area contributed by atoms with Crippen molar-refractivity contribution in [1.29, 1.82) is 0 Å². The third kappa shape index (κ3) is 4.41. The van der Waals surface area contributed by atoms with Crippen molar-refractivity contribution in [3.8, 4) is 0 Å². The van der Waals surface area contributed by atoms with Crippen molar-refractivity contribution in [2.45, 2.75) is 32.5 Å². The molecule has 128 valence electrons. The summed E-state index contributed by atoms with van der Waals surface area (Å²) in [4.78, 5) is 9.11. The average molecular weight is 325 g/mol. The molecule has 3 rings (SSSR count). The van der Waals surface area contributed by atoms with E-state index >= 15 is 0 Å². The van der Waals surface area contributed by atoms with Gasteiger partial charge in [-0.05, 0) is 42.2 Å². The van der Waals surface area contributed by atoms with Crippen LogP contribution in [0.15, 0.2) is 48.8 Å². The Labute approximate surface area is 144 Å². The van der Waals surface area contributed by atoms with Gasteiger partial charge in [0.05, 0.1) is 0 Å². The standard InChI is InChI=1S/C20H27N3O/c1-17-4-2-3-5-19(17)15-23-12-11-22(16-20(23)8-13-24)14-18-6-9-21-10-7-18/h2-7,9-10,20,24H,8,11-16H2,1H3. The normalized spacial score (nSPS) is 19.5. The number of aliphatic hydroxyl groups is 1. The van der Waals surface area contributed by atoms with Gasteiger partial charge in [-0.1, -0.05) is 24.3 Å². The minimum absolute atomic E-state index is 0.248. The number of piperazine rings is 1. The van der Waals surface area contributed by atoms with Gasteiger partial charge >= 0.3 is 0 Å². The molecule has 0 bridgehead atoms. The van der Waals surface area contributed by atoms with E-state index < -0.39 is 0 Å². The van der Waals surface area contributed by atoms with Crippen molar-refractivity contribution in [2.75, 3.05) is 26.2 Å². The van der Waals surface area contributed by atoms with Gasteiger partial charge in [0.15, 0.2) is 0 Å². The monoisotopic (exact) mass is 325 g/mol. The third-order valence-electron chi connectivity index (χ3n) is 4.94. The van der Waals surface area contributed by atoms with Crippen LogP contribution in [0.5, 0.6) is 0 Å². The molecule has 1 aliphatic heterocycles. The Morgan fingerprint density at radius 2 is 1.88 bits per heavy atom. The van der Waals surface area contributed by atoms with Crippen LogP contribution in [0.25, 0.3) is 0 Å². The van der Waals surface area contributed by atoms with Crippen molar-refractivity contribution >= 4 is 0 Å². The Kier molecular flexibility index (Phi) is 5.96. The highest BCUT2D eigenvalue weighted by Gasteiger charge is 2.26. The first-order chi connectivity index (χ1) is 11.8. The van der Waals surface area contributed by atoms with Crippen molar-refractivity contribution < 1.29 is 5.11 Å². The maximum absolute atomic E-state index is 9.48. The van der Waals surface area contributed by atoms with E-state index in [2.05, 4.69) is 58.1 Å². The van der Waals surface area contributed by atoms with E-state index in [0.29, 0.717) is 6.04 Å². The van der Waals surface area contributed by atoms with E-state index in [-0.39, 0.29) is 6.61 Å². The molecule has 2 heterocycles. The average Bonchev–Trinajstić information content (AvgIpc) is 2.60. The van der Waals surface area contributed by atoms with Gasteiger partial charge in [-0.25, -0.2) is 0 Å². The van der Waals surface area contributed by atoms with Crippen LogP contribution in [0, 0.1) is 6.92 Å². The molecule has 0 amide bonds. The number of hydrogen-bond acceptors (Lipinski definition) is 4. The van der Waals surface area contributed by atoms with Crippen LogP contribution >= 0.6 is 0 Å². The van der Waals surface area contributed by atoms with E-state index in [4.69, 9.17) is 0 Å². The Balaban J connectivity index is 1.64. The first-order valence-corrected chi connectivity index (χ1v) is 8.77. The predicted molar refractivity (Wildman–Crippen MR) is 96.6 cm³/mol. The second-order valence-electron chi connectivity index (χ2n) is 6.65. The molecule has 1 atom stereocenters. The molecular formula is C20H27N3O. The van der Waals surface area contributed by atoms with Gasteiger partial charge in [0.1, 0.15) is 0 Å². The van der Waals surface area contributed by atoms with Gasteiger partial charge in [0.2, 0.25) is 0 Å². The minimum Gasteiger partial charge on any atom is -0.396 e. The van der Waals surface area contributed by atoms with Gasteiger partial charge in [0.25, 0.3) is 0 Å². The van der Waals surface area contributed by atoms with Gasteiger partial charge in [-0.2, -0.15) is 0 Å². The van der Waals surface area contributed by atoms with E-state index in [9.17, 15) is 5.11 Å². The molecule has 1 unspecified atom stereocenters. The minimum atomic E-state index is 0.248. The predicted octanol–water partition coefficient (Wildman–Crippen LogP) is 2.46. The van der Waals surface area contributed by atoms with Crippen molar-refractivity contribution in [3.05, 3.63) is 65.5 Å². The van der Waals surface area contributed by atoms with E-state index in [0.717, 1.165) is 39.1 Å². The summed E-state index contributed by atoms with van der Waals surface area (Å²) >= 11 is 0. The largest absolute Gasteiger partial charge is 0.396 e. The molecular weight excluding hydrogens is 298 g/mol. The summed E-state index contributed by atoms with van der Waals surface area (Å²) in [5.41, 5.74) is 4.04. The van der Waals surface area contributed by atoms with Crippen LogP contribution in [0.3, 0.4) is 0 Å². The molecule has 24 heavy (non-hydrogen) atoms. The quantitative estimate of drug-likeness (QED) is 0.886. The summed E-state index contributed by atoms with van der Waals surface area (Å²) in [7, 11) is 0. The number of rotatable bonds is 6. The highest BCUT2D eigenvalue weighted by molar-refractivity contribution is 5.25. The first-order valence-electron chi connectivity index (χ1n) is 8.77. The van der Waals surface area contributed by atoms with E-state index in [1.807, 2.05) is 12.4 Å². The topological polar surface area (TPSA) is 39.6 Å². The number of nitrogens with zero attached hydrogens (tertiary/aromatic N) is 3. The Bertz CT molecular complexity index is 632. The third-order valence-corrected chi connectivity index (χ3v) is 4.94. The molecule has 2 aromatic rings. The number of aliphatic hydroxyl groups excluding tert-OH is 1. The van der Waals surface area contributed by atoms with Crippen LogP contribution in [0.2, 0.25) is 0 Å². The highest BCUT2D eigenvalue weighted by atomic mass is 16.3. The zero-order valence-electron chi connectivity index (χ0n) is 14.4. The van der Waals surface area contributed by atoms with Crippen LogP contribution in [-0.2, 0) is 13.1 Å². The Morgan fingerprint density at radius 1 is 1.08 bits per heavy atom. The zero-order chi connectivity index (χ0) is 16.8. The fourth-order valence-corrected chi connectivity index (χ4v) is 3.48. The summed E-state index contributed by atoms with van der Waals surface area (Å²) in [6.07, 6.45) is 4.54. The van der Waals surface area contributed by atoms with Gasteiger partial charge in [0, 0.05) is 57.8 Å². The molecule has 0 spiro atoms. The number of aryl methyl sites for hydroxylation is 1. The van der Waals surface area contributed by atoms with Gasteiger partial charge in [-0.3, -0.25) is 14.8 Å². The highest BCUT2D eigenvalue weighted by Crippen LogP contribution is 2.19. The molecule has 1 aromatic heterocycles. The van der Waals surface area contributed by atoms with Gasteiger partial charge in [-0.15, -0.1) is 0 Å². The molecule has 1 aliphatic rings. The van der Waals surface area contributed by atoms with Crippen LogP contribution < -0.4 is 0 Å². The summed E-state index contributed by atoms with van der Waals surface area (Å²) < 4.78 is 0. The summed E-state index contributed by atoms with van der Waals surface area (Å²) in [5, 5.41) is 9.48. The molecule has 1 aromatic carbocycles. The lowest BCUT2D eigenvalue weighted by atomic mass is 10.0. The lowest BCUT2D eigenvalue weighted by Crippen LogP contribution is -2.52. The first kappa shape index (κ1) is 17.1. The number of pyridine rings is 1. The summed E-state index contributed by atoms with van der Waals surface area (Å²) in [5.74, 6) is 0. The van der Waals surface area contributed by atoms with Gasteiger partial charge < -0.3 is 5.11 Å². The SMILES string of the molecule is Cc1ccccc1CN1CCN(Cc2ccncc2)CC1CCO. The van der Waals surface area contributed by atoms with Crippen molar-refractivity contribution in [2.24, 2.45) is 0 Å². The summed E-state index contributed by atoms with van der Waals surface area (Å²) in [6, 6.07) is 13.2. The number of benzene rings is 1. The smallest absolute Gasteiger partial charge is 0.0446 e. The lowest BCUT2D eigenvalue weighted by molar-refractivity contribution is 0.0498. The zero-order valence-corrected chi connectivity index (χ0v) is 14.4. The van der Waals surface area contributed by atoms with Crippen LogP contribution in [-0.4, -0.2) is 52.2 Å². The fraction of sp³-hybridized carbons (Fsp3) is 0.450. The molecule has 4 nitrogen and oxygen atoms in total. The van der Waals surface area contributed by atoms with Crippen LogP contribution in [0.4, 0.5) is 0 Å². The molecule has 4 heteroatoms. The number of hydrogen-bond donors (Lipinski definition) is 1. The molecule has 1 N–H and O–H groups in total. The molecule has 1 saturated heterocycles. The maximum Gasteiger partial charge on any atom is 0.0446 e. The number of aromatic nitrogens is 1. The van der Waals surface area contributed by atoms with E-state index in [1.165, 1.54) is 16.7 Å². The van der Waals surface area contributed by atoms with Crippen molar-refractivity contribution in [1.82, 2.24) is 14.8 Å². The Hall–Kier alpha value is -1.75. The summed E-state index contributed by atoms with van der Waals surface area (Å²) in [6.45, 7) is 7.48. The van der Waals surface area contributed by atoms with Crippen molar-refractivity contribution in [3.63, 3.8) is 0 Å². The van der Waals surface area contributed by atoms with Crippen LogP contribution in [0.1, 0.15) is 23.1 Å². The molecule has 0 saturated carbocycles. The molecule has 0 radical (unpaired) electrons. The molecule has 0 aliphatic carbocycles. The molecule has 1 fully saturated rings. The lowest BCUT2D eigenvalue weighted by Gasteiger charge is -2.41. The Morgan fingerprint density at radius 3 is 2.62 bits per heavy atom. The second-order valence-corrected chi connectivity index (χ2v) is 6.65.